The van der Waals surface area contributed by atoms with Crippen LogP contribution in [-0.4, -0.2) is 30.9 Å². The fourth-order valence-corrected chi connectivity index (χ4v) is 2.53. The molecule has 0 atom stereocenters. The van der Waals surface area contributed by atoms with E-state index in [0.29, 0.717) is 12.2 Å². The summed E-state index contributed by atoms with van der Waals surface area (Å²) in [5.41, 5.74) is 0.458. The lowest BCUT2D eigenvalue weighted by atomic mass is 10.5. The number of nitrogens with one attached hydrogen (secondary N) is 1. The quantitative estimate of drug-likeness (QED) is 0.763. The Hall–Kier alpha value is -2.22. The third kappa shape index (κ3) is 2.22. The van der Waals surface area contributed by atoms with Crippen LogP contribution in [0.3, 0.4) is 0 Å². The maximum Gasteiger partial charge on any atom is 0.350 e. The summed E-state index contributed by atoms with van der Waals surface area (Å²) in [6, 6.07) is 5.44. The van der Waals surface area contributed by atoms with Crippen molar-refractivity contribution in [2.75, 3.05) is 11.9 Å². The van der Waals surface area contributed by atoms with Crippen LogP contribution in [0.15, 0.2) is 29.2 Å². The molecule has 0 aliphatic heterocycles. The Balaban J connectivity index is 1.92. The van der Waals surface area contributed by atoms with Crippen molar-refractivity contribution in [3.05, 3.63) is 39.9 Å². The molecule has 3 heterocycles. The zero-order valence-corrected chi connectivity index (χ0v) is 11.1. The minimum atomic E-state index is -0.171. The molecule has 7 nitrogen and oxygen atoms in total. The van der Waals surface area contributed by atoms with Gasteiger partial charge in [-0.15, -0.1) is 15.3 Å². The van der Waals surface area contributed by atoms with Crippen LogP contribution < -0.4 is 11.0 Å². The molecule has 0 radical (unpaired) electrons. The molecule has 3 rings (SSSR count). The van der Waals surface area contributed by atoms with Gasteiger partial charge >= 0.3 is 5.69 Å². The van der Waals surface area contributed by atoms with Crippen molar-refractivity contribution in [3.63, 3.8) is 0 Å². The van der Waals surface area contributed by atoms with Crippen LogP contribution in [0.2, 0.25) is 0 Å². The molecule has 3 aromatic rings. The number of nitrogens with zero attached hydrogens (tertiary/aromatic N) is 5. The Morgan fingerprint density at radius 3 is 3.05 bits per heavy atom. The molecule has 98 valence electrons. The van der Waals surface area contributed by atoms with E-state index in [4.69, 9.17) is 0 Å². The Morgan fingerprint density at radius 2 is 2.26 bits per heavy atom. The number of anilines is 1. The Bertz CT molecular complexity index is 758. The van der Waals surface area contributed by atoms with Crippen molar-refractivity contribution >= 4 is 22.1 Å². The highest BCUT2D eigenvalue weighted by atomic mass is 32.1. The van der Waals surface area contributed by atoms with Crippen molar-refractivity contribution in [1.29, 1.82) is 0 Å². The van der Waals surface area contributed by atoms with E-state index < -0.39 is 0 Å². The van der Waals surface area contributed by atoms with Gasteiger partial charge in [-0.1, -0.05) is 17.4 Å². The van der Waals surface area contributed by atoms with Crippen LogP contribution in [0, 0.1) is 0 Å². The summed E-state index contributed by atoms with van der Waals surface area (Å²) < 4.78 is 2.90. The normalized spacial score (nSPS) is 11.0. The first-order valence-corrected chi connectivity index (χ1v) is 6.70. The molecule has 0 amide bonds. The second-order valence-corrected chi connectivity index (χ2v) is 4.96. The number of hydrogen-bond donors (Lipinski definition) is 1. The van der Waals surface area contributed by atoms with Gasteiger partial charge in [0.1, 0.15) is 11.6 Å². The second kappa shape index (κ2) is 4.81. The largest absolute Gasteiger partial charge is 0.360 e. The van der Waals surface area contributed by atoms with Gasteiger partial charge in [0.15, 0.2) is 5.65 Å². The fraction of sp³-hybridized carbons (Fsp3) is 0.273. The Labute approximate surface area is 112 Å². The van der Waals surface area contributed by atoms with Crippen LogP contribution in [0.5, 0.6) is 0 Å². The monoisotopic (exact) mass is 276 g/mol. The van der Waals surface area contributed by atoms with Gasteiger partial charge in [-0.3, -0.25) is 4.40 Å². The molecule has 0 unspecified atom stereocenters. The van der Waals surface area contributed by atoms with Crippen LogP contribution >= 0.6 is 11.3 Å². The molecule has 1 N–H and O–H groups in total. The molecule has 0 aliphatic rings. The lowest BCUT2D eigenvalue weighted by Crippen LogP contribution is -2.21. The molecular formula is C11H12N6OS. The number of fused-ring (bicyclic) bond motifs is 1. The summed E-state index contributed by atoms with van der Waals surface area (Å²) in [4.78, 5) is 12.1. The summed E-state index contributed by atoms with van der Waals surface area (Å²) in [6.45, 7) is 3.13. The standard InChI is InChI=1S/C11H12N6OS/c1-2-12-10-14-13-9(19-10)7-17-11(18)16-6-4-3-5-8(16)15-17/h3-6H,2,7H2,1H3,(H,12,14). The number of rotatable bonds is 4. The maximum absolute atomic E-state index is 12.1. The van der Waals surface area contributed by atoms with Gasteiger partial charge in [0.05, 0.1) is 0 Å². The van der Waals surface area contributed by atoms with E-state index in [1.807, 2.05) is 13.0 Å². The van der Waals surface area contributed by atoms with E-state index in [9.17, 15) is 4.79 Å². The maximum atomic E-state index is 12.1. The topological polar surface area (TPSA) is 77.1 Å². The minimum absolute atomic E-state index is 0.171. The smallest absolute Gasteiger partial charge is 0.350 e. The first kappa shape index (κ1) is 11.8. The number of pyridine rings is 1. The Morgan fingerprint density at radius 1 is 1.37 bits per heavy atom. The molecule has 0 bridgehead atoms. The molecule has 8 heteroatoms. The van der Waals surface area contributed by atoms with E-state index in [-0.39, 0.29) is 5.69 Å². The third-order valence-electron chi connectivity index (χ3n) is 2.57. The van der Waals surface area contributed by atoms with Gasteiger partial charge < -0.3 is 5.32 Å². The summed E-state index contributed by atoms with van der Waals surface area (Å²) in [7, 11) is 0. The zero-order valence-electron chi connectivity index (χ0n) is 10.3. The van der Waals surface area contributed by atoms with Crippen LogP contribution in [0.1, 0.15) is 11.9 Å². The average Bonchev–Trinajstić information content (AvgIpc) is 2.97. The van der Waals surface area contributed by atoms with Gasteiger partial charge in [-0.2, -0.15) is 0 Å². The van der Waals surface area contributed by atoms with Crippen molar-refractivity contribution in [1.82, 2.24) is 24.4 Å². The molecule has 0 saturated heterocycles. The van der Waals surface area contributed by atoms with Gasteiger partial charge in [0.2, 0.25) is 5.13 Å². The predicted molar refractivity (Wildman–Crippen MR) is 72.6 cm³/mol. The SMILES string of the molecule is CCNc1nnc(Cn2nc3ccccn3c2=O)s1. The summed E-state index contributed by atoms with van der Waals surface area (Å²) in [6.07, 6.45) is 1.70. The highest BCUT2D eigenvalue weighted by Crippen LogP contribution is 2.15. The molecule has 0 aromatic carbocycles. The molecule has 0 saturated carbocycles. The fourth-order valence-electron chi connectivity index (χ4n) is 1.74. The first-order chi connectivity index (χ1) is 9.28. The lowest BCUT2D eigenvalue weighted by molar-refractivity contribution is 0.651. The summed E-state index contributed by atoms with van der Waals surface area (Å²) >= 11 is 1.43. The third-order valence-corrected chi connectivity index (χ3v) is 3.43. The van der Waals surface area contributed by atoms with Crippen LogP contribution in [0.4, 0.5) is 5.13 Å². The molecule has 0 spiro atoms. The molecule has 0 fully saturated rings. The average molecular weight is 276 g/mol. The Kier molecular flexibility index (Phi) is 3.00. The van der Waals surface area contributed by atoms with Gasteiger partial charge in [0, 0.05) is 12.7 Å². The highest BCUT2D eigenvalue weighted by Gasteiger charge is 2.09. The molecular weight excluding hydrogens is 264 g/mol. The van der Waals surface area contributed by atoms with Gasteiger partial charge in [-0.25, -0.2) is 9.48 Å². The van der Waals surface area contributed by atoms with E-state index in [0.717, 1.165) is 16.7 Å². The lowest BCUT2D eigenvalue weighted by Gasteiger charge is -1.93. The van der Waals surface area contributed by atoms with E-state index >= 15 is 0 Å². The van der Waals surface area contributed by atoms with Crippen molar-refractivity contribution in [3.8, 4) is 0 Å². The van der Waals surface area contributed by atoms with E-state index in [1.54, 1.807) is 18.3 Å². The molecule has 19 heavy (non-hydrogen) atoms. The summed E-state index contributed by atoms with van der Waals surface area (Å²) in [5, 5.41) is 16.9. The van der Waals surface area contributed by atoms with E-state index in [1.165, 1.54) is 20.4 Å². The van der Waals surface area contributed by atoms with Crippen molar-refractivity contribution < 1.29 is 0 Å². The zero-order chi connectivity index (χ0) is 13.2. The van der Waals surface area contributed by atoms with Crippen LogP contribution in [0.25, 0.3) is 5.65 Å². The molecule has 0 aliphatic carbocycles. The van der Waals surface area contributed by atoms with Crippen molar-refractivity contribution in [2.24, 2.45) is 0 Å². The molecule has 3 aromatic heterocycles. The first-order valence-electron chi connectivity index (χ1n) is 5.88. The van der Waals surface area contributed by atoms with Gasteiger partial charge in [-0.05, 0) is 19.1 Å². The number of aromatic nitrogens is 5. The predicted octanol–water partition coefficient (Wildman–Crippen LogP) is 0.828. The second-order valence-electron chi connectivity index (χ2n) is 3.90. The number of hydrogen-bond acceptors (Lipinski definition) is 6. The van der Waals surface area contributed by atoms with Crippen molar-refractivity contribution in [2.45, 2.75) is 13.5 Å². The van der Waals surface area contributed by atoms with Crippen LogP contribution in [-0.2, 0) is 6.54 Å². The summed E-state index contributed by atoms with van der Waals surface area (Å²) in [5.74, 6) is 0. The van der Waals surface area contributed by atoms with E-state index in [2.05, 4.69) is 20.6 Å². The highest BCUT2D eigenvalue weighted by molar-refractivity contribution is 7.15. The van der Waals surface area contributed by atoms with Gasteiger partial charge in [0.25, 0.3) is 0 Å². The minimum Gasteiger partial charge on any atom is -0.360 e.